The van der Waals surface area contributed by atoms with E-state index < -0.39 is 0 Å². The quantitative estimate of drug-likeness (QED) is 0.799. The first kappa shape index (κ1) is 16.7. The van der Waals surface area contributed by atoms with Crippen molar-refractivity contribution in [3.63, 3.8) is 0 Å². The number of hydrogen-bond donors (Lipinski definition) is 1. The van der Waals surface area contributed by atoms with E-state index in [1.54, 1.807) is 6.08 Å². The molecule has 1 aliphatic heterocycles. The summed E-state index contributed by atoms with van der Waals surface area (Å²) in [5, 5.41) is 3.20. The molecule has 21 heavy (non-hydrogen) atoms. The lowest BCUT2D eigenvalue weighted by Gasteiger charge is -2.18. The van der Waals surface area contributed by atoms with E-state index in [0.717, 1.165) is 17.0 Å². The highest BCUT2D eigenvalue weighted by Crippen LogP contribution is 2.15. The van der Waals surface area contributed by atoms with E-state index in [1.807, 2.05) is 57.3 Å². The number of aliphatic imine (C=N–C) groups is 1. The molecule has 0 saturated carbocycles. The van der Waals surface area contributed by atoms with Gasteiger partial charge in [-0.1, -0.05) is 75.1 Å². The van der Waals surface area contributed by atoms with Gasteiger partial charge in [-0.05, 0) is 18.6 Å². The molecule has 2 rings (SSSR count). The van der Waals surface area contributed by atoms with Gasteiger partial charge in [-0.25, -0.2) is 0 Å². The lowest BCUT2D eigenvalue weighted by Crippen LogP contribution is -2.26. The fraction of sp³-hybridized carbons (Fsp3) is 0.211. The Morgan fingerprint density at radius 2 is 1.95 bits per heavy atom. The van der Waals surface area contributed by atoms with Crippen molar-refractivity contribution in [1.82, 2.24) is 5.32 Å². The summed E-state index contributed by atoms with van der Waals surface area (Å²) in [6.45, 7) is 9.72. The average Bonchev–Trinajstić information content (AvgIpc) is 2.58. The number of benzene rings is 1. The molecule has 0 radical (unpaired) electrons. The van der Waals surface area contributed by atoms with Crippen LogP contribution in [0.25, 0.3) is 0 Å². The molecule has 0 bridgehead atoms. The van der Waals surface area contributed by atoms with Crippen LogP contribution >= 0.6 is 0 Å². The highest BCUT2D eigenvalue weighted by Gasteiger charge is 2.12. The first-order chi connectivity index (χ1) is 10.3. The van der Waals surface area contributed by atoms with Gasteiger partial charge < -0.3 is 5.32 Å². The molecular weight excluding hydrogens is 256 g/mol. The van der Waals surface area contributed by atoms with Gasteiger partial charge in [-0.2, -0.15) is 0 Å². The summed E-state index contributed by atoms with van der Waals surface area (Å²) in [6.07, 6.45) is 11.8. The van der Waals surface area contributed by atoms with Gasteiger partial charge in [0.15, 0.2) is 0 Å². The second kappa shape index (κ2) is 9.54. The fourth-order valence-corrected chi connectivity index (χ4v) is 1.92. The van der Waals surface area contributed by atoms with Crippen LogP contribution in [0, 0.1) is 0 Å². The van der Waals surface area contributed by atoms with E-state index in [9.17, 15) is 0 Å². The zero-order valence-corrected chi connectivity index (χ0v) is 13.1. The van der Waals surface area contributed by atoms with Gasteiger partial charge in [0.1, 0.15) is 5.84 Å². The Morgan fingerprint density at radius 1 is 1.24 bits per heavy atom. The molecule has 0 fully saturated rings. The van der Waals surface area contributed by atoms with Crippen LogP contribution in [0.4, 0.5) is 0 Å². The van der Waals surface area contributed by atoms with Gasteiger partial charge in [0.25, 0.3) is 0 Å². The zero-order chi connectivity index (χ0) is 15.5. The molecule has 0 amide bonds. The van der Waals surface area contributed by atoms with Crippen LogP contribution in [0.5, 0.6) is 0 Å². The monoisotopic (exact) mass is 280 g/mol. The van der Waals surface area contributed by atoms with Gasteiger partial charge in [-0.15, -0.1) is 0 Å². The lowest BCUT2D eigenvalue weighted by atomic mass is 10.1. The molecular formula is C19H24N2. The van der Waals surface area contributed by atoms with Crippen LogP contribution in [-0.2, 0) is 0 Å². The maximum atomic E-state index is 4.74. The summed E-state index contributed by atoms with van der Waals surface area (Å²) in [5.41, 5.74) is 2.26. The molecule has 0 saturated heterocycles. The Labute approximate surface area is 128 Å². The maximum Gasteiger partial charge on any atom is 0.133 e. The largest absolute Gasteiger partial charge is 0.347 e. The topological polar surface area (TPSA) is 24.4 Å². The third-order valence-electron chi connectivity index (χ3n) is 2.91. The van der Waals surface area contributed by atoms with E-state index in [-0.39, 0.29) is 6.04 Å². The van der Waals surface area contributed by atoms with Crippen molar-refractivity contribution in [2.45, 2.75) is 26.8 Å². The molecule has 2 nitrogen and oxygen atoms in total. The summed E-state index contributed by atoms with van der Waals surface area (Å²) in [7, 11) is 0. The van der Waals surface area contributed by atoms with Crippen LogP contribution in [0.1, 0.15) is 26.3 Å². The minimum absolute atomic E-state index is 0.0534. The summed E-state index contributed by atoms with van der Waals surface area (Å²) in [4.78, 5) is 4.74. The third kappa shape index (κ3) is 4.92. The molecule has 0 aromatic heterocycles. The van der Waals surface area contributed by atoms with Crippen LogP contribution in [0.15, 0.2) is 84.1 Å². The van der Waals surface area contributed by atoms with Crippen molar-refractivity contribution in [3.8, 4) is 0 Å². The number of nitrogens with zero attached hydrogens (tertiary/aromatic N) is 1. The lowest BCUT2D eigenvalue weighted by molar-refractivity contribution is 0.927. The summed E-state index contributed by atoms with van der Waals surface area (Å²) < 4.78 is 0. The van der Waals surface area contributed by atoms with Crippen molar-refractivity contribution < 1.29 is 0 Å². The first-order valence-electron chi connectivity index (χ1n) is 7.37. The van der Waals surface area contributed by atoms with Crippen LogP contribution < -0.4 is 5.32 Å². The van der Waals surface area contributed by atoms with Crippen molar-refractivity contribution >= 4 is 5.84 Å². The molecule has 110 valence electrons. The molecule has 1 N–H and O–H groups in total. The number of nitrogens with one attached hydrogen (secondary N) is 1. The third-order valence-corrected chi connectivity index (χ3v) is 2.91. The molecule has 2 heteroatoms. The van der Waals surface area contributed by atoms with Crippen molar-refractivity contribution in [1.29, 1.82) is 0 Å². The van der Waals surface area contributed by atoms with Crippen LogP contribution in [-0.4, -0.2) is 11.9 Å². The van der Waals surface area contributed by atoms with E-state index >= 15 is 0 Å². The minimum atomic E-state index is 0.0534. The molecule has 1 aromatic rings. The minimum Gasteiger partial charge on any atom is -0.347 e. The fourth-order valence-electron chi connectivity index (χ4n) is 1.92. The molecule has 1 heterocycles. The highest BCUT2D eigenvalue weighted by atomic mass is 15.0. The van der Waals surface area contributed by atoms with Crippen molar-refractivity contribution in [2.75, 3.05) is 0 Å². The predicted molar refractivity (Wildman–Crippen MR) is 93.5 cm³/mol. The van der Waals surface area contributed by atoms with E-state index in [2.05, 4.69) is 36.2 Å². The van der Waals surface area contributed by atoms with Gasteiger partial charge in [0.05, 0.1) is 6.04 Å². The van der Waals surface area contributed by atoms with Crippen molar-refractivity contribution in [2.24, 2.45) is 4.99 Å². The van der Waals surface area contributed by atoms with Gasteiger partial charge in [0.2, 0.25) is 0 Å². The normalized spacial score (nSPS) is 17.6. The molecule has 1 aromatic carbocycles. The summed E-state index contributed by atoms with van der Waals surface area (Å²) in [6, 6.07) is 10.2. The molecule has 1 unspecified atom stereocenters. The second-order valence-electron chi connectivity index (χ2n) is 4.18. The Hall–Kier alpha value is -2.35. The Bertz CT molecular complexity index is 548. The smallest absolute Gasteiger partial charge is 0.133 e. The second-order valence-corrected chi connectivity index (χ2v) is 4.18. The average molecular weight is 280 g/mol. The van der Waals surface area contributed by atoms with Gasteiger partial charge in [-0.3, -0.25) is 4.99 Å². The Morgan fingerprint density at radius 3 is 2.57 bits per heavy atom. The summed E-state index contributed by atoms with van der Waals surface area (Å²) in [5.74, 6) is 0.902. The summed E-state index contributed by atoms with van der Waals surface area (Å²) >= 11 is 0. The molecule has 1 aliphatic rings. The van der Waals surface area contributed by atoms with E-state index in [1.165, 1.54) is 0 Å². The number of rotatable bonds is 4. The standard InChI is InChI=1S/C17H18N2.C2H6/c1-3-5-9-14(4-2)16-12-13-18-17(19-16)15-10-7-6-8-11-15;1-2/h3-13,16H,1H2,2H3,(H,18,19);1-2H3/b9-5-,14-4+;. The van der Waals surface area contributed by atoms with Gasteiger partial charge in [0, 0.05) is 11.8 Å². The van der Waals surface area contributed by atoms with E-state index in [0.29, 0.717) is 0 Å². The van der Waals surface area contributed by atoms with Crippen LogP contribution in [0.3, 0.4) is 0 Å². The number of hydrogen-bond acceptors (Lipinski definition) is 2. The first-order valence-corrected chi connectivity index (χ1v) is 7.37. The molecule has 1 atom stereocenters. The zero-order valence-electron chi connectivity index (χ0n) is 13.1. The number of amidine groups is 1. The maximum absolute atomic E-state index is 4.74. The molecule has 0 aliphatic carbocycles. The Balaban J connectivity index is 0.00000106. The van der Waals surface area contributed by atoms with Gasteiger partial charge >= 0.3 is 0 Å². The molecule has 0 spiro atoms. The highest BCUT2D eigenvalue weighted by molar-refractivity contribution is 6.00. The predicted octanol–water partition coefficient (Wildman–Crippen LogP) is 4.63. The van der Waals surface area contributed by atoms with Crippen molar-refractivity contribution in [3.05, 3.63) is 84.6 Å². The Kier molecular flexibility index (Phi) is 7.59. The van der Waals surface area contributed by atoms with E-state index in [4.69, 9.17) is 4.99 Å². The van der Waals surface area contributed by atoms with Crippen LogP contribution in [0.2, 0.25) is 0 Å². The SMILES string of the molecule is C=C/C=C\C(=C/C)C1C=CNC(c2ccccc2)=N1.CC. The number of allylic oxidation sites excluding steroid dienone is 3.